The first kappa shape index (κ1) is 19.7. The van der Waals surface area contributed by atoms with E-state index in [0.717, 1.165) is 12.1 Å². The first-order valence-electron chi connectivity index (χ1n) is 7.35. The van der Waals surface area contributed by atoms with Gasteiger partial charge in [-0.3, -0.25) is 0 Å². The Bertz CT molecular complexity index is 755. The molecular weight excluding hydrogens is 378 g/mol. The van der Waals surface area contributed by atoms with Crippen LogP contribution in [0.3, 0.4) is 0 Å². The molecule has 0 bridgehead atoms. The highest BCUT2D eigenvalue weighted by atomic mass is 28.4. The van der Waals surface area contributed by atoms with Gasteiger partial charge in [0, 0.05) is 22.5 Å². The van der Waals surface area contributed by atoms with Gasteiger partial charge < -0.3 is 4.12 Å². The summed E-state index contributed by atoms with van der Waals surface area (Å²) in [5, 5.41) is -0.550. The van der Waals surface area contributed by atoms with E-state index in [1.165, 1.54) is 26.2 Å². The van der Waals surface area contributed by atoms with Gasteiger partial charge in [0.1, 0.15) is 11.6 Å². The predicted octanol–water partition coefficient (Wildman–Crippen LogP) is 4.06. The largest absolute Gasteiger partial charge is 0.449 e. The lowest BCUT2D eigenvalue weighted by Crippen LogP contribution is -2.59. The molecule has 2 rings (SSSR count). The zero-order valence-electron chi connectivity index (χ0n) is 14.0. The second kappa shape index (κ2) is 6.62. The van der Waals surface area contributed by atoms with E-state index in [-0.39, 0.29) is 10.4 Å². The molecule has 0 amide bonds. The SMILES string of the molecule is C[Si](C)(O[Si](C)(C)c1cc(F)cc(F)c1F)c1cc(F)cc(F)c1F. The first-order valence-corrected chi connectivity index (χ1v) is 13.2. The van der Waals surface area contributed by atoms with Gasteiger partial charge in [-0.2, -0.15) is 0 Å². The quantitative estimate of drug-likeness (QED) is 0.432. The smallest absolute Gasteiger partial charge is 0.209 e. The summed E-state index contributed by atoms with van der Waals surface area (Å²) in [6, 6.07) is 2.48. The molecule has 0 fully saturated rings. The molecule has 2 aromatic carbocycles. The zero-order valence-corrected chi connectivity index (χ0v) is 16.0. The van der Waals surface area contributed by atoms with Crippen molar-refractivity contribution in [1.29, 1.82) is 0 Å². The molecule has 0 unspecified atom stereocenters. The van der Waals surface area contributed by atoms with Gasteiger partial charge in [-0.15, -0.1) is 0 Å². The Morgan fingerprint density at radius 1 is 0.600 bits per heavy atom. The van der Waals surface area contributed by atoms with E-state index >= 15 is 0 Å². The first-order chi connectivity index (χ1) is 11.3. The van der Waals surface area contributed by atoms with Crippen LogP contribution in [0.15, 0.2) is 24.3 Å². The third kappa shape index (κ3) is 3.98. The van der Waals surface area contributed by atoms with Crippen LogP contribution in [0.5, 0.6) is 0 Å². The van der Waals surface area contributed by atoms with Crippen molar-refractivity contribution in [2.75, 3.05) is 0 Å². The van der Waals surface area contributed by atoms with E-state index in [1.54, 1.807) is 0 Å². The van der Waals surface area contributed by atoms with Crippen LogP contribution in [0.4, 0.5) is 26.3 Å². The van der Waals surface area contributed by atoms with Gasteiger partial charge in [-0.25, -0.2) is 26.3 Å². The van der Waals surface area contributed by atoms with E-state index in [4.69, 9.17) is 4.12 Å². The van der Waals surface area contributed by atoms with Crippen LogP contribution >= 0.6 is 0 Å². The minimum absolute atomic E-state index is 0.275. The molecule has 0 heterocycles. The molecule has 0 saturated carbocycles. The summed E-state index contributed by atoms with van der Waals surface area (Å²) in [7, 11) is -6.53. The average Bonchev–Trinajstić information content (AvgIpc) is 2.45. The van der Waals surface area contributed by atoms with E-state index < -0.39 is 51.5 Å². The fraction of sp³-hybridized carbons (Fsp3) is 0.250. The highest BCUT2D eigenvalue weighted by Crippen LogP contribution is 2.20. The highest BCUT2D eigenvalue weighted by molar-refractivity contribution is 6.96. The molecule has 9 heteroatoms. The Morgan fingerprint density at radius 3 is 1.24 bits per heavy atom. The van der Waals surface area contributed by atoms with Crippen molar-refractivity contribution in [3.8, 4) is 0 Å². The van der Waals surface area contributed by atoms with E-state index in [1.807, 2.05) is 0 Å². The fourth-order valence-corrected chi connectivity index (χ4v) is 11.0. The average molecular weight is 394 g/mol. The topological polar surface area (TPSA) is 9.23 Å². The van der Waals surface area contributed by atoms with Crippen molar-refractivity contribution in [3.63, 3.8) is 0 Å². The molecule has 1 nitrogen and oxygen atoms in total. The number of hydrogen-bond donors (Lipinski definition) is 0. The van der Waals surface area contributed by atoms with Crippen LogP contribution in [0.1, 0.15) is 0 Å². The van der Waals surface area contributed by atoms with Crippen LogP contribution in [0.25, 0.3) is 0 Å². The minimum Gasteiger partial charge on any atom is -0.449 e. The van der Waals surface area contributed by atoms with Crippen molar-refractivity contribution in [2.24, 2.45) is 0 Å². The molecule has 0 aliphatic carbocycles. The number of halogens is 6. The molecule has 25 heavy (non-hydrogen) atoms. The molecule has 2 aromatic rings. The Morgan fingerprint density at radius 2 is 0.920 bits per heavy atom. The Balaban J connectivity index is 2.50. The van der Waals surface area contributed by atoms with Crippen molar-refractivity contribution in [2.45, 2.75) is 26.2 Å². The lowest BCUT2D eigenvalue weighted by Gasteiger charge is -2.34. The molecule has 0 spiro atoms. The predicted molar refractivity (Wildman–Crippen MR) is 87.9 cm³/mol. The summed E-state index contributed by atoms with van der Waals surface area (Å²) in [4.78, 5) is 0. The monoisotopic (exact) mass is 394 g/mol. The summed E-state index contributed by atoms with van der Waals surface area (Å²) < 4.78 is 88.1. The molecule has 0 aromatic heterocycles. The second-order valence-corrected chi connectivity index (χ2v) is 14.6. The lowest BCUT2D eigenvalue weighted by atomic mass is 10.3. The Kier molecular flexibility index (Phi) is 5.22. The molecule has 0 aliphatic rings. The van der Waals surface area contributed by atoms with Gasteiger partial charge in [0.15, 0.2) is 23.3 Å². The van der Waals surface area contributed by atoms with Gasteiger partial charge in [0.05, 0.1) is 0 Å². The molecule has 0 saturated heterocycles. The maximum atomic E-state index is 14.1. The van der Waals surface area contributed by atoms with Crippen LogP contribution in [-0.4, -0.2) is 16.6 Å². The van der Waals surface area contributed by atoms with E-state index in [2.05, 4.69) is 0 Å². The second-order valence-electron chi connectivity index (χ2n) is 6.62. The molecule has 0 radical (unpaired) electrons. The van der Waals surface area contributed by atoms with Crippen molar-refractivity contribution in [3.05, 3.63) is 59.2 Å². The van der Waals surface area contributed by atoms with E-state index in [9.17, 15) is 26.3 Å². The summed E-state index contributed by atoms with van der Waals surface area (Å²) >= 11 is 0. The van der Waals surface area contributed by atoms with E-state index in [0.29, 0.717) is 12.1 Å². The number of hydrogen-bond acceptors (Lipinski definition) is 1. The Hall–Kier alpha value is -1.59. The maximum Gasteiger partial charge on any atom is 0.209 e. The highest BCUT2D eigenvalue weighted by Gasteiger charge is 2.40. The number of rotatable bonds is 4. The molecule has 0 atom stereocenters. The minimum atomic E-state index is -3.27. The summed E-state index contributed by atoms with van der Waals surface area (Å²) in [6.07, 6.45) is 0. The number of benzene rings is 2. The van der Waals surface area contributed by atoms with Gasteiger partial charge in [-0.1, -0.05) is 0 Å². The van der Waals surface area contributed by atoms with Crippen LogP contribution in [0, 0.1) is 34.9 Å². The van der Waals surface area contributed by atoms with Crippen molar-refractivity contribution >= 4 is 27.0 Å². The summed E-state index contributed by atoms with van der Waals surface area (Å²) in [5.74, 6) is -7.15. The van der Waals surface area contributed by atoms with Gasteiger partial charge in [0.25, 0.3) is 0 Å². The van der Waals surface area contributed by atoms with Crippen molar-refractivity contribution in [1.82, 2.24) is 0 Å². The fourth-order valence-electron chi connectivity index (χ4n) is 2.74. The maximum absolute atomic E-state index is 14.1. The van der Waals surface area contributed by atoms with Crippen LogP contribution < -0.4 is 10.4 Å². The molecule has 0 aliphatic heterocycles. The van der Waals surface area contributed by atoms with Gasteiger partial charge in [-0.05, 0) is 38.3 Å². The normalized spacial score (nSPS) is 12.6. The van der Waals surface area contributed by atoms with Crippen LogP contribution in [0.2, 0.25) is 26.2 Å². The zero-order chi connectivity index (χ0) is 19.2. The summed E-state index contributed by atoms with van der Waals surface area (Å²) in [5.41, 5.74) is 0. The molecule has 136 valence electrons. The summed E-state index contributed by atoms with van der Waals surface area (Å²) in [6.45, 7) is 5.92. The third-order valence-corrected chi connectivity index (χ3v) is 11.2. The van der Waals surface area contributed by atoms with Gasteiger partial charge in [0.2, 0.25) is 16.6 Å². The van der Waals surface area contributed by atoms with Gasteiger partial charge >= 0.3 is 0 Å². The van der Waals surface area contributed by atoms with Crippen molar-refractivity contribution < 1.29 is 30.5 Å². The Labute approximate surface area is 143 Å². The molecule has 0 N–H and O–H groups in total. The standard InChI is InChI=1S/C16H16F6OSi2/c1-24(2,13-7-9(17)5-11(19)15(13)21)23-25(3,4)14-8-10(18)6-12(20)16(14)22/h5-8H,1-4H3. The lowest BCUT2D eigenvalue weighted by molar-refractivity contribution is 0.490. The molecular formula is C16H16F6OSi2. The third-order valence-electron chi connectivity index (χ3n) is 3.79. The van der Waals surface area contributed by atoms with Crippen LogP contribution in [-0.2, 0) is 4.12 Å².